The van der Waals surface area contributed by atoms with Gasteiger partial charge in [-0.1, -0.05) is 12.1 Å². The topological polar surface area (TPSA) is 52.7 Å². The Morgan fingerprint density at radius 2 is 1.86 bits per heavy atom. The molecule has 0 saturated carbocycles. The summed E-state index contributed by atoms with van der Waals surface area (Å²) in [5.41, 5.74) is 2.93. The van der Waals surface area contributed by atoms with Gasteiger partial charge in [0.15, 0.2) is 0 Å². The van der Waals surface area contributed by atoms with Gasteiger partial charge in [-0.2, -0.15) is 0 Å². The average Bonchev–Trinajstić information content (AvgIpc) is 2.44. The zero-order valence-electron chi connectivity index (χ0n) is 14.3. The van der Waals surface area contributed by atoms with E-state index in [1.165, 1.54) is 11.8 Å². The van der Waals surface area contributed by atoms with E-state index in [1.807, 2.05) is 46.1 Å². The molecule has 5 heteroatoms. The van der Waals surface area contributed by atoms with Crippen molar-refractivity contribution < 1.29 is 9.59 Å². The number of rotatable bonds is 7. The van der Waals surface area contributed by atoms with Gasteiger partial charge < -0.3 is 15.1 Å². The lowest BCUT2D eigenvalue weighted by molar-refractivity contribution is -0.123. The van der Waals surface area contributed by atoms with E-state index in [-0.39, 0.29) is 18.4 Å². The van der Waals surface area contributed by atoms with Crippen LogP contribution >= 0.6 is 0 Å². The zero-order chi connectivity index (χ0) is 16.7. The number of nitrogens with zero attached hydrogens (tertiary/aromatic N) is 2. The fourth-order valence-electron chi connectivity index (χ4n) is 2.22. The van der Waals surface area contributed by atoms with Crippen molar-refractivity contribution in [2.24, 2.45) is 0 Å². The van der Waals surface area contributed by atoms with Crippen LogP contribution in [0.25, 0.3) is 0 Å². The van der Waals surface area contributed by atoms with Crippen LogP contribution in [0.1, 0.15) is 24.5 Å². The Morgan fingerprint density at radius 1 is 1.18 bits per heavy atom. The van der Waals surface area contributed by atoms with Crippen LogP contribution in [-0.2, 0) is 9.59 Å². The fourth-order valence-corrected chi connectivity index (χ4v) is 2.22. The second-order valence-electron chi connectivity index (χ2n) is 5.83. The molecule has 122 valence electrons. The normalized spacial score (nSPS) is 10.6. The molecule has 0 fully saturated rings. The molecule has 0 saturated heterocycles. The first-order valence-corrected chi connectivity index (χ1v) is 7.58. The van der Waals surface area contributed by atoms with Gasteiger partial charge in [0.05, 0.1) is 0 Å². The van der Waals surface area contributed by atoms with Crippen molar-refractivity contribution in [1.29, 1.82) is 0 Å². The Balaban J connectivity index is 2.67. The number of carbonyl (C=O) groups excluding carboxylic acids is 2. The average molecular weight is 305 g/mol. The van der Waals surface area contributed by atoms with E-state index in [4.69, 9.17) is 0 Å². The highest BCUT2D eigenvalue weighted by Gasteiger charge is 2.17. The van der Waals surface area contributed by atoms with E-state index in [2.05, 4.69) is 10.2 Å². The third kappa shape index (κ3) is 5.48. The summed E-state index contributed by atoms with van der Waals surface area (Å²) in [7, 11) is 4.00. The highest BCUT2D eigenvalue weighted by Crippen LogP contribution is 2.22. The van der Waals surface area contributed by atoms with Crippen molar-refractivity contribution in [2.75, 3.05) is 38.6 Å². The highest BCUT2D eigenvalue weighted by atomic mass is 16.2. The number of anilines is 1. The second kappa shape index (κ2) is 8.54. The van der Waals surface area contributed by atoms with E-state index < -0.39 is 0 Å². The number of hydrogen-bond donors (Lipinski definition) is 1. The SMILES string of the molecule is CC(=O)N(CC(=O)NCCCN(C)C)c1cccc(C)c1C. The fraction of sp³-hybridized carbons (Fsp3) is 0.529. The van der Waals surface area contributed by atoms with Gasteiger partial charge in [-0.05, 0) is 58.1 Å². The molecule has 0 aromatic heterocycles. The molecular formula is C17H27N3O2. The predicted molar refractivity (Wildman–Crippen MR) is 90.1 cm³/mol. The molecule has 0 spiro atoms. The van der Waals surface area contributed by atoms with Gasteiger partial charge in [0.2, 0.25) is 11.8 Å². The van der Waals surface area contributed by atoms with Crippen LogP contribution in [0, 0.1) is 13.8 Å². The molecule has 0 aliphatic heterocycles. The number of hydrogen-bond acceptors (Lipinski definition) is 3. The molecule has 1 aromatic rings. The summed E-state index contributed by atoms with van der Waals surface area (Å²) in [4.78, 5) is 27.6. The first kappa shape index (κ1) is 18.2. The molecule has 0 unspecified atom stereocenters. The maximum atomic E-state index is 12.1. The van der Waals surface area contributed by atoms with Crippen molar-refractivity contribution in [3.05, 3.63) is 29.3 Å². The zero-order valence-corrected chi connectivity index (χ0v) is 14.3. The Bertz CT molecular complexity index is 527. The van der Waals surface area contributed by atoms with Crippen LogP contribution in [0.2, 0.25) is 0 Å². The standard InChI is InChI=1S/C17H27N3O2/c1-13-8-6-9-16(14(13)2)20(15(3)21)12-17(22)18-10-7-11-19(4)5/h6,8-9H,7,10-12H2,1-5H3,(H,18,22). The Morgan fingerprint density at radius 3 is 2.45 bits per heavy atom. The monoisotopic (exact) mass is 305 g/mol. The van der Waals surface area contributed by atoms with Gasteiger partial charge in [0.25, 0.3) is 0 Å². The minimum Gasteiger partial charge on any atom is -0.355 e. The maximum Gasteiger partial charge on any atom is 0.240 e. The van der Waals surface area contributed by atoms with E-state index in [0.29, 0.717) is 6.54 Å². The maximum absolute atomic E-state index is 12.1. The van der Waals surface area contributed by atoms with E-state index in [1.54, 1.807) is 0 Å². The molecule has 22 heavy (non-hydrogen) atoms. The third-order valence-corrected chi connectivity index (χ3v) is 3.65. The lowest BCUT2D eigenvalue weighted by Gasteiger charge is -2.23. The lowest BCUT2D eigenvalue weighted by Crippen LogP contribution is -2.40. The molecule has 0 heterocycles. The van der Waals surface area contributed by atoms with E-state index in [0.717, 1.165) is 29.8 Å². The van der Waals surface area contributed by atoms with Gasteiger partial charge in [-0.15, -0.1) is 0 Å². The third-order valence-electron chi connectivity index (χ3n) is 3.65. The first-order chi connectivity index (χ1) is 10.3. The molecule has 1 N–H and O–H groups in total. The molecule has 0 aliphatic rings. The highest BCUT2D eigenvalue weighted by molar-refractivity contribution is 5.98. The quantitative estimate of drug-likeness (QED) is 0.781. The van der Waals surface area contributed by atoms with Crippen molar-refractivity contribution >= 4 is 17.5 Å². The van der Waals surface area contributed by atoms with E-state index >= 15 is 0 Å². The Hall–Kier alpha value is -1.88. The summed E-state index contributed by atoms with van der Waals surface area (Å²) in [5.74, 6) is -0.257. The predicted octanol–water partition coefficient (Wildman–Crippen LogP) is 1.72. The van der Waals surface area contributed by atoms with Gasteiger partial charge in [-0.25, -0.2) is 0 Å². The minimum atomic E-state index is -0.130. The second-order valence-corrected chi connectivity index (χ2v) is 5.83. The smallest absolute Gasteiger partial charge is 0.240 e. The van der Waals surface area contributed by atoms with Crippen LogP contribution in [-0.4, -0.2) is 50.4 Å². The summed E-state index contributed by atoms with van der Waals surface area (Å²) >= 11 is 0. The van der Waals surface area contributed by atoms with Crippen LogP contribution in [0.3, 0.4) is 0 Å². The Kier molecular flexibility index (Phi) is 7.05. The van der Waals surface area contributed by atoms with Crippen LogP contribution < -0.4 is 10.2 Å². The van der Waals surface area contributed by atoms with Gasteiger partial charge in [-0.3, -0.25) is 9.59 Å². The van der Waals surface area contributed by atoms with Crippen molar-refractivity contribution in [3.8, 4) is 0 Å². The van der Waals surface area contributed by atoms with Crippen molar-refractivity contribution in [1.82, 2.24) is 10.2 Å². The van der Waals surface area contributed by atoms with Crippen molar-refractivity contribution in [2.45, 2.75) is 27.2 Å². The summed E-state index contributed by atoms with van der Waals surface area (Å²) < 4.78 is 0. The molecular weight excluding hydrogens is 278 g/mol. The lowest BCUT2D eigenvalue weighted by atomic mass is 10.1. The molecule has 1 aromatic carbocycles. The molecule has 0 radical (unpaired) electrons. The summed E-state index contributed by atoms with van der Waals surface area (Å²) in [6.45, 7) is 7.06. The van der Waals surface area contributed by atoms with Crippen LogP contribution in [0.4, 0.5) is 5.69 Å². The van der Waals surface area contributed by atoms with Crippen LogP contribution in [0.15, 0.2) is 18.2 Å². The summed E-state index contributed by atoms with van der Waals surface area (Å²) in [5, 5.41) is 2.87. The molecule has 0 atom stereocenters. The van der Waals surface area contributed by atoms with Gasteiger partial charge in [0, 0.05) is 19.2 Å². The molecule has 0 aliphatic carbocycles. The molecule has 5 nitrogen and oxygen atoms in total. The first-order valence-electron chi connectivity index (χ1n) is 7.58. The van der Waals surface area contributed by atoms with Gasteiger partial charge >= 0.3 is 0 Å². The largest absolute Gasteiger partial charge is 0.355 e. The van der Waals surface area contributed by atoms with E-state index in [9.17, 15) is 9.59 Å². The minimum absolute atomic E-state index is 0.0571. The number of nitrogens with one attached hydrogen (secondary N) is 1. The molecule has 2 amide bonds. The Labute approximate surface area is 133 Å². The number of amides is 2. The van der Waals surface area contributed by atoms with Gasteiger partial charge in [0.1, 0.15) is 6.54 Å². The molecule has 1 rings (SSSR count). The number of aryl methyl sites for hydroxylation is 1. The molecule has 0 bridgehead atoms. The van der Waals surface area contributed by atoms with Crippen LogP contribution in [0.5, 0.6) is 0 Å². The number of benzene rings is 1. The van der Waals surface area contributed by atoms with Crippen molar-refractivity contribution in [3.63, 3.8) is 0 Å². The summed E-state index contributed by atoms with van der Waals surface area (Å²) in [6.07, 6.45) is 0.891. The number of carbonyl (C=O) groups is 2. The summed E-state index contributed by atoms with van der Waals surface area (Å²) in [6, 6.07) is 5.78.